The van der Waals surface area contributed by atoms with Gasteiger partial charge in [-0.05, 0) is 12.1 Å². The molecule has 0 aliphatic carbocycles. The second-order valence-electron chi connectivity index (χ2n) is 2.64. The van der Waals surface area contributed by atoms with Gasteiger partial charge in [0.05, 0.1) is 11.3 Å². The Balaban J connectivity index is 2.16. The first kappa shape index (κ1) is 6.73. The lowest BCUT2D eigenvalue weighted by Crippen LogP contribution is -2.30. The third kappa shape index (κ3) is 0.789. The van der Waals surface area contributed by atoms with Crippen LogP contribution in [-0.4, -0.2) is 0 Å². The van der Waals surface area contributed by atoms with Gasteiger partial charge in [-0.25, -0.2) is 0 Å². The fourth-order valence-electron chi connectivity index (χ4n) is 1.23. The van der Waals surface area contributed by atoms with Crippen molar-refractivity contribution in [1.29, 1.82) is 0 Å². The topological polar surface area (TPSA) is 49.1 Å². The monoisotopic (exact) mass is 182 g/mol. The van der Waals surface area contributed by atoms with Crippen molar-refractivity contribution in [1.82, 2.24) is 4.72 Å². The lowest BCUT2D eigenvalue weighted by molar-refractivity contribution is 0.0850. The highest BCUT2D eigenvalue weighted by molar-refractivity contribution is 7.98. The van der Waals surface area contributed by atoms with E-state index in [1.165, 1.54) is 12.1 Å². The molecular weight excluding hydrogens is 176 g/mol. The van der Waals surface area contributed by atoms with E-state index in [9.17, 15) is 0 Å². The largest absolute Gasteiger partial charge is 0.326 e. The second kappa shape index (κ2) is 2.14. The molecule has 4 nitrogen and oxygen atoms in total. The SMILES string of the molecule is c1ccc2c(c1)NSNC21OO1. The van der Waals surface area contributed by atoms with Crippen molar-refractivity contribution in [3.8, 4) is 0 Å². The number of anilines is 1. The molecule has 0 amide bonds. The van der Waals surface area contributed by atoms with E-state index in [1.54, 1.807) is 0 Å². The number of nitrogens with one attached hydrogen (secondary N) is 2. The summed E-state index contributed by atoms with van der Waals surface area (Å²) in [5.41, 5.74) is 2.02. The predicted molar refractivity (Wildman–Crippen MR) is 44.6 cm³/mol. The van der Waals surface area contributed by atoms with Crippen LogP contribution in [0, 0.1) is 0 Å². The van der Waals surface area contributed by atoms with Gasteiger partial charge in [0.25, 0.3) is 0 Å². The van der Waals surface area contributed by atoms with Gasteiger partial charge in [-0.2, -0.15) is 14.5 Å². The molecule has 1 saturated heterocycles. The summed E-state index contributed by atoms with van der Waals surface area (Å²) < 4.78 is 6.09. The summed E-state index contributed by atoms with van der Waals surface area (Å²) in [5.74, 6) is -0.688. The highest BCUT2D eigenvalue weighted by Gasteiger charge is 2.54. The van der Waals surface area contributed by atoms with Crippen LogP contribution in [0.4, 0.5) is 5.69 Å². The van der Waals surface area contributed by atoms with Crippen LogP contribution in [0.15, 0.2) is 24.3 Å². The van der Waals surface area contributed by atoms with Gasteiger partial charge < -0.3 is 4.72 Å². The van der Waals surface area contributed by atoms with Crippen LogP contribution in [0.1, 0.15) is 5.56 Å². The number of rotatable bonds is 0. The maximum Gasteiger partial charge on any atom is 0.326 e. The highest BCUT2D eigenvalue weighted by atomic mass is 32.2. The third-order valence-corrected chi connectivity index (χ3v) is 2.57. The molecule has 12 heavy (non-hydrogen) atoms. The average molecular weight is 182 g/mol. The number of fused-ring (bicyclic) bond motifs is 2. The number of hydrogen-bond donors (Lipinski definition) is 2. The Labute approximate surface area is 73.4 Å². The summed E-state index contributed by atoms with van der Waals surface area (Å²) in [7, 11) is 0. The van der Waals surface area contributed by atoms with Gasteiger partial charge in [0.15, 0.2) is 0 Å². The number of hydrogen-bond acceptors (Lipinski definition) is 5. The minimum absolute atomic E-state index is 0.688. The summed E-state index contributed by atoms with van der Waals surface area (Å²) in [4.78, 5) is 9.78. The average Bonchev–Trinajstić information content (AvgIpc) is 2.87. The first-order valence-electron chi connectivity index (χ1n) is 3.56. The molecule has 0 atom stereocenters. The van der Waals surface area contributed by atoms with E-state index in [2.05, 4.69) is 9.44 Å². The molecule has 1 fully saturated rings. The molecule has 5 heteroatoms. The van der Waals surface area contributed by atoms with Gasteiger partial charge >= 0.3 is 5.91 Å². The zero-order valence-corrected chi connectivity index (χ0v) is 6.85. The first-order chi connectivity index (χ1) is 5.91. The first-order valence-corrected chi connectivity index (χ1v) is 4.38. The molecule has 0 saturated carbocycles. The molecule has 0 radical (unpaired) electrons. The molecule has 2 aliphatic rings. The van der Waals surface area contributed by atoms with Crippen molar-refractivity contribution in [3.63, 3.8) is 0 Å². The van der Waals surface area contributed by atoms with Gasteiger partial charge in [0.2, 0.25) is 0 Å². The summed E-state index contributed by atoms with van der Waals surface area (Å²) in [6, 6.07) is 7.86. The lowest BCUT2D eigenvalue weighted by Gasteiger charge is -2.19. The summed E-state index contributed by atoms with van der Waals surface area (Å²) in [6.07, 6.45) is 0. The molecule has 2 aliphatic heterocycles. The maximum absolute atomic E-state index is 4.89. The summed E-state index contributed by atoms with van der Waals surface area (Å²) in [6.45, 7) is 0. The second-order valence-corrected chi connectivity index (χ2v) is 3.25. The van der Waals surface area contributed by atoms with Gasteiger partial charge in [0, 0.05) is 12.1 Å². The van der Waals surface area contributed by atoms with Crippen molar-refractivity contribution in [3.05, 3.63) is 29.8 Å². The predicted octanol–water partition coefficient (Wildman–Crippen LogP) is 1.34. The Morgan fingerprint density at radius 3 is 2.92 bits per heavy atom. The lowest BCUT2D eigenvalue weighted by atomic mass is 10.1. The van der Waals surface area contributed by atoms with Crippen molar-refractivity contribution in [2.24, 2.45) is 0 Å². The molecule has 0 unspecified atom stereocenters. The van der Waals surface area contributed by atoms with Gasteiger partial charge in [-0.3, -0.25) is 0 Å². The minimum Gasteiger partial charge on any atom is -0.316 e. The molecule has 1 spiro atoms. The zero-order valence-electron chi connectivity index (χ0n) is 6.03. The van der Waals surface area contributed by atoms with Crippen LogP contribution in [0.3, 0.4) is 0 Å². The van der Waals surface area contributed by atoms with E-state index in [-0.39, 0.29) is 0 Å². The van der Waals surface area contributed by atoms with Crippen LogP contribution < -0.4 is 9.44 Å². The van der Waals surface area contributed by atoms with E-state index >= 15 is 0 Å². The minimum atomic E-state index is -0.688. The maximum atomic E-state index is 4.89. The van der Waals surface area contributed by atoms with E-state index in [0.717, 1.165) is 11.3 Å². The quantitative estimate of drug-likeness (QED) is 0.360. The highest BCUT2D eigenvalue weighted by Crippen LogP contribution is 2.45. The molecule has 62 valence electrons. The van der Waals surface area contributed by atoms with Crippen molar-refractivity contribution < 1.29 is 9.78 Å². The van der Waals surface area contributed by atoms with Gasteiger partial charge in [-0.15, -0.1) is 0 Å². The van der Waals surface area contributed by atoms with Gasteiger partial charge in [-0.1, -0.05) is 12.1 Å². The zero-order chi connectivity index (χ0) is 8.02. The van der Waals surface area contributed by atoms with Crippen molar-refractivity contribution in [2.75, 3.05) is 4.72 Å². The fourth-order valence-corrected chi connectivity index (χ4v) is 1.88. The number of benzene rings is 1. The van der Waals surface area contributed by atoms with Crippen LogP contribution in [0.5, 0.6) is 0 Å². The Kier molecular flexibility index (Phi) is 1.20. The molecular formula is C7H6N2O2S. The molecule has 1 aromatic rings. The molecule has 2 N–H and O–H groups in total. The molecule has 0 aromatic heterocycles. The van der Waals surface area contributed by atoms with Crippen molar-refractivity contribution in [2.45, 2.75) is 5.91 Å². The third-order valence-electron chi connectivity index (χ3n) is 1.88. The van der Waals surface area contributed by atoms with Gasteiger partial charge in [0.1, 0.15) is 0 Å². The summed E-state index contributed by atoms with van der Waals surface area (Å²) in [5, 5.41) is 0. The normalized spacial score (nSPS) is 23.0. The van der Waals surface area contributed by atoms with Crippen molar-refractivity contribution >= 4 is 17.8 Å². The van der Waals surface area contributed by atoms with E-state index in [1.807, 2.05) is 24.3 Å². The Bertz CT molecular complexity index is 327. The molecule has 1 aromatic carbocycles. The molecule has 2 heterocycles. The Hall–Kier alpha value is -0.750. The Morgan fingerprint density at radius 1 is 1.25 bits per heavy atom. The number of para-hydroxylation sites is 1. The smallest absolute Gasteiger partial charge is 0.316 e. The standard InChI is InChI=1S/C7H6N2O2S/c1-2-4-6-5(3-1)7(10-11-7)9-12-8-6/h1-4,8-9H. The fraction of sp³-hybridized carbons (Fsp3) is 0.143. The van der Waals surface area contributed by atoms with Crippen LogP contribution in [0.2, 0.25) is 0 Å². The van der Waals surface area contributed by atoms with Crippen LogP contribution >= 0.6 is 12.1 Å². The van der Waals surface area contributed by atoms with E-state index < -0.39 is 5.91 Å². The van der Waals surface area contributed by atoms with E-state index in [4.69, 9.17) is 9.78 Å². The molecule has 0 bridgehead atoms. The van der Waals surface area contributed by atoms with Crippen LogP contribution in [-0.2, 0) is 15.7 Å². The van der Waals surface area contributed by atoms with E-state index in [0.29, 0.717) is 0 Å². The molecule has 3 rings (SSSR count). The van der Waals surface area contributed by atoms with Crippen LogP contribution in [0.25, 0.3) is 0 Å². The Morgan fingerprint density at radius 2 is 2.08 bits per heavy atom. The summed E-state index contributed by atoms with van der Waals surface area (Å²) >= 11 is 1.36.